The molecule has 1 unspecified atom stereocenters. The molecule has 10 heteroatoms. The molecule has 1 heterocycles. The first kappa shape index (κ1) is 19.7. The second-order valence-corrected chi connectivity index (χ2v) is 6.78. The highest BCUT2D eigenvalue weighted by Gasteiger charge is 2.26. The second kappa shape index (κ2) is 8.48. The first-order valence-corrected chi connectivity index (χ1v) is 9.00. The maximum atomic E-state index is 10.8. The predicted octanol–water partition coefficient (Wildman–Crippen LogP) is 0.459. The molecule has 0 aromatic heterocycles. The smallest absolute Gasteiger partial charge is 0.412 e. The van der Waals surface area contributed by atoms with Crippen LogP contribution in [0.2, 0.25) is 0 Å². The zero-order valence-electron chi connectivity index (χ0n) is 13.2. The monoisotopic (exact) mass is 350 g/mol. The van der Waals surface area contributed by atoms with Crippen molar-refractivity contribution in [3.05, 3.63) is 11.9 Å². The molecule has 1 aliphatic carbocycles. The molecule has 0 aromatic carbocycles. The molecule has 9 nitrogen and oxygen atoms in total. The summed E-state index contributed by atoms with van der Waals surface area (Å²) in [6.07, 6.45) is 10.1. The van der Waals surface area contributed by atoms with Crippen LogP contribution in [-0.2, 0) is 14.7 Å². The fraction of sp³-hybridized carbons (Fsp3) is 0.769. The molecule has 134 valence electrons. The highest BCUT2D eigenvalue weighted by molar-refractivity contribution is 7.80. The zero-order valence-corrected chi connectivity index (χ0v) is 14.1. The first-order chi connectivity index (χ1) is 10.3. The summed E-state index contributed by atoms with van der Waals surface area (Å²) in [5, 5.41) is 4.23. The molecule has 1 saturated carbocycles. The minimum absolute atomic E-state index is 0. The van der Waals surface area contributed by atoms with Gasteiger partial charge in [-0.2, -0.15) is 18.5 Å². The van der Waals surface area contributed by atoms with Gasteiger partial charge < -0.3 is 16.5 Å². The molecule has 0 bridgehead atoms. The summed E-state index contributed by atoms with van der Waals surface area (Å²) in [6, 6.07) is -0.111. The lowest BCUT2D eigenvalue weighted by atomic mass is 9.97. The van der Waals surface area contributed by atoms with E-state index in [0.717, 1.165) is 17.9 Å². The lowest BCUT2D eigenvalue weighted by Gasteiger charge is -2.30. The van der Waals surface area contributed by atoms with Crippen LogP contribution in [0.15, 0.2) is 16.9 Å². The number of hydroxylamine groups is 2. The lowest BCUT2D eigenvalue weighted by Crippen LogP contribution is -2.47. The fourth-order valence-corrected chi connectivity index (χ4v) is 3.23. The number of nitrogens with two attached hydrogens (primary N) is 1. The molecule has 2 aliphatic rings. The SMILES string of the molecule is CC1C=C(NC2CCCCCCC2)N=C(N)N1OS(=O)(=O)O.O. The molecule has 0 spiro atoms. The van der Waals surface area contributed by atoms with Gasteiger partial charge in [-0.1, -0.05) is 32.1 Å². The predicted molar refractivity (Wildman–Crippen MR) is 86.5 cm³/mol. The van der Waals surface area contributed by atoms with Crippen LogP contribution in [0.3, 0.4) is 0 Å². The van der Waals surface area contributed by atoms with E-state index in [-0.39, 0.29) is 11.4 Å². The van der Waals surface area contributed by atoms with Crippen molar-refractivity contribution in [1.82, 2.24) is 10.4 Å². The van der Waals surface area contributed by atoms with Crippen LogP contribution >= 0.6 is 0 Å². The molecular formula is C13H26N4O5S. The number of hydrogen-bond acceptors (Lipinski definition) is 7. The minimum Gasteiger partial charge on any atom is -0.412 e. The van der Waals surface area contributed by atoms with Crippen molar-refractivity contribution >= 4 is 16.4 Å². The molecule has 0 amide bonds. The van der Waals surface area contributed by atoms with Gasteiger partial charge in [-0.3, -0.25) is 4.55 Å². The molecule has 0 aromatic rings. The summed E-state index contributed by atoms with van der Waals surface area (Å²) < 4.78 is 34.8. The topological polar surface area (TPSA) is 149 Å². The third-order valence-corrected chi connectivity index (χ3v) is 4.21. The van der Waals surface area contributed by atoms with Crippen molar-refractivity contribution in [2.75, 3.05) is 0 Å². The average Bonchev–Trinajstić information content (AvgIpc) is 2.36. The Morgan fingerprint density at radius 2 is 1.87 bits per heavy atom. The Hall–Kier alpha value is -1.36. The molecule has 2 rings (SSSR count). The van der Waals surface area contributed by atoms with Gasteiger partial charge in [0.25, 0.3) is 0 Å². The molecule has 1 aliphatic heterocycles. The summed E-state index contributed by atoms with van der Waals surface area (Å²) in [5.41, 5.74) is 5.72. The number of aliphatic imine (C=N–C) groups is 1. The van der Waals surface area contributed by atoms with Crippen LogP contribution in [-0.4, -0.2) is 41.6 Å². The van der Waals surface area contributed by atoms with Crippen molar-refractivity contribution in [2.45, 2.75) is 64.0 Å². The molecule has 1 atom stereocenters. The van der Waals surface area contributed by atoms with Crippen molar-refractivity contribution < 1.29 is 22.7 Å². The maximum absolute atomic E-state index is 10.8. The Labute approximate surface area is 136 Å². The lowest BCUT2D eigenvalue weighted by molar-refractivity contribution is -0.00872. The summed E-state index contributed by atoms with van der Waals surface area (Å²) in [4.78, 5) is 4.12. The van der Waals surface area contributed by atoms with Crippen LogP contribution in [0, 0.1) is 0 Å². The Kier molecular flexibility index (Phi) is 7.26. The average molecular weight is 350 g/mol. The number of hydrogen-bond donors (Lipinski definition) is 3. The Balaban J connectivity index is 0.00000264. The number of nitrogens with zero attached hydrogens (tertiary/aromatic N) is 2. The fourth-order valence-electron chi connectivity index (χ4n) is 2.81. The van der Waals surface area contributed by atoms with E-state index in [1.807, 2.05) is 0 Å². The summed E-state index contributed by atoms with van der Waals surface area (Å²) >= 11 is 0. The summed E-state index contributed by atoms with van der Waals surface area (Å²) in [7, 11) is -4.63. The van der Waals surface area contributed by atoms with Crippen LogP contribution in [0.25, 0.3) is 0 Å². The van der Waals surface area contributed by atoms with Gasteiger partial charge in [-0.25, -0.2) is 0 Å². The quantitative estimate of drug-likeness (QED) is 0.623. The van der Waals surface area contributed by atoms with E-state index in [9.17, 15) is 8.42 Å². The van der Waals surface area contributed by atoms with Crippen molar-refractivity contribution in [2.24, 2.45) is 10.7 Å². The Morgan fingerprint density at radius 3 is 2.39 bits per heavy atom. The van der Waals surface area contributed by atoms with E-state index < -0.39 is 16.4 Å². The minimum atomic E-state index is -4.63. The van der Waals surface area contributed by atoms with E-state index in [1.165, 1.54) is 32.1 Å². The standard InChI is InChI=1S/C13H24N4O4S.H2O/c1-10-9-12(15-11-7-5-3-2-4-6-8-11)16-13(14)17(10)21-22(18,19)20;/h9-11,15H,2-8H2,1H3,(H2,14,16)(H,18,19,20);1H2. The van der Waals surface area contributed by atoms with Gasteiger partial charge in [0.2, 0.25) is 5.96 Å². The molecule has 6 N–H and O–H groups in total. The first-order valence-electron chi connectivity index (χ1n) is 7.64. The van der Waals surface area contributed by atoms with Gasteiger partial charge in [0.05, 0.1) is 6.04 Å². The van der Waals surface area contributed by atoms with Crippen LogP contribution in [0.4, 0.5) is 0 Å². The molecule has 0 saturated heterocycles. The molecular weight excluding hydrogens is 324 g/mol. The van der Waals surface area contributed by atoms with Crippen molar-refractivity contribution in [3.63, 3.8) is 0 Å². The molecule has 1 fully saturated rings. The van der Waals surface area contributed by atoms with Crippen molar-refractivity contribution in [1.29, 1.82) is 0 Å². The highest BCUT2D eigenvalue weighted by Crippen LogP contribution is 2.20. The van der Waals surface area contributed by atoms with Gasteiger partial charge in [0.15, 0.2) is 0 Å². The number of rotatable bonds is 4. The second-order valence-electron chi connectivity index (χ2n) is 5.78. The van der Waals surface area contributed by atoms with Gasteiger partial charge in [-0.15, -0.1) is 4.28 Å². The van der Waals surface area contributed by atoms with Gasteiger partial charge in [0.1, 0.15) is 5.82 Å². The highest BCUT2D eigenvalue weighted by atomic mass is 32.3. The normalized spacial score (nSPS) is 23.9. The number of guanidine groups is 1. The van der Waals surface area contributed by atoms with Gasteiger partial charge in [-0.05, 0) is 25.8 Å². The van der Waals surface area contributed by atoms with E-state index in [2.05, 4.69) is 14.6 Å². The number of nitrogens with one attached hydrogen (secondary N) is 1. The third-order valence-electron chi connectivity index (χ3n) is 3.86. The van der Waals surface area contributed by atoms with Crippen molar-refractivity contribution in [3.8, 4) is 0 Å². The Morgan fingerprint density at radius 1 is 1.30 bits per heavy atom. The largest absolute Gasteiger partial charge is 0.418 e. The van der Waals surface area contributed by atoms with Gasteiger partial charge >= 0.3 is 10.4 Å². The van der Waals surface area contributed by atoms with Crippen LogP contribution in [0.5, 0.6) is 0 Å². The maximum Gasteiger partial charge on any atom is 0.418 e. The van der Waals surface area contributed by atoms with Crippen LogP contribution < -0.4 is 11.1 Å². The molecule has 23 heavy (non-hydrogen) atoms. The summed E-state index contributed by atoms with van der Waals surface area (Å²) in [5.74, 6) is 0.506. The molecule has 0 radical (unpaired) electrons. The zero-order chi connectivity index (χ0) is 16.2. The third kappa shape index (κ3) is 6.34. The Bertz CT molecular complexity index is 541. The van der Waals surface area contributed by atoms with E-state index in [0.29, 0.717) is 11.9 Å². The van der Waals surface area contributed by atoms with Crippen LogP contribution in [0.1, 0.15) is 51.9 Å². The van der Waals surface area contributed by atoms with Gasteiger partial charge in [0, 0.05) is 6.04 Å². The van der Waals surface area contributed by atoms with E-state index in [4.69, 9.17) is 10.3 Å². The van der Waals surface area contributed by atoms with E-state index >= 15 is 0 Å². The van der Waals surface area contributed by atoms with E-state index in [1.54, 1.807) is 13.0 Å². The summed E-state index contributed by atoms with van der Waals surface area (Å²) in [6.45, 7) is 1.70.